The van der Waals surface area contributed by atoms with E-state index in [0.717, 1.165) is 11.1 Å². The van der Waals surface area contributed by atoms with Crippen LogP contribution in [0.15, 0.2) is 60.7 Å². The summed E-state index contributed by atoms with van der Waals surface area (Å²) in [5, 5.41) is 21.7. The Morgan fingerprint density at radius 3 is 2.43 bits per heavy atom. The molecule has 5 rings (SSSR count). The lowest BCUT2D eigenvalue weighted by molar-refractivity contribution is -0.106. The predicted octanol–water partition coefficient (Wildman–Crippen LogP) is 5.48. The van der Waals surface area contributed by atoms with Gasteiger partial charge in [0.15, 0.2) is 5.60 Å². The SMILES string of the molecule is CN(C)CC(F)F.COc1nc(Cl)cc2c1C1(O)CCC(c3ccccc3)C1(c1ccc(C#N)cc1)O2. The number of methoxy groups -OCH3 is 1. The van der Waals surface area contributed by atoms with Crippen LogP contribution in [0.4, 0.5) is 8.78 Å². The van der Waals surface area contributed by atoms with E-state index in [0.29, 0.717) is 29.7 Å². The first-order chi connectivity index (χ1) is 17.7. The zero-order valence-electron chi connectivity index (χ0n) is 20.8. The van der Waals surface area contributed by atoms with Crippen molar-refractivity contribution >= 4 is 11.6 Å². The summed E-state index contributed by atoms with van der Waals surface area (Å²) in [4.78, 5) is 5.73. The van der Waals surface area contributed by atoms with Crippen molar-refractivity contribution in [3.8, 4) is 17.7 Å². The summed E-state index contributed by atoms with van der Waals surface area (Å²) in [6.07, 6.45) is -1.01. The molecule has 1 aliphatic carbocycles. The average Bonchev–Trinajstić information content (AvgIpc) is 3.30. The lowest BCUT2D eigenvalue weighted by Gasteiger charge is -2.40. The minimum atomic E-state index is -2.20. The number of aliphatic hydroxyl groups is 1. The van der Waals surface area contributed by atoms with Crippen LogP contribution in [0.25, 0.3) is 0 Å². The molecule has 194 valence electrons. The molecule has 0 saturated heterocycles. The molecule has 1 aromatic heterocycles. The Morgan fingerprint density at radius 2 is 1.89 bits per heavy atom. The highest BCUT2D eigenvalue weighted by Crippen LogP contribution is 2.68. The Balaban J connectivity index is 0.000000405. The van der Waals surface area contributed by atoms with Crippen LogP contribution in [-0.2, 0) is 11.2 Å². The average molecular weight is 528 g/mol. The van der Waals surface area contributed by atoms with E-state index in [4.69, 9.17) is 21.1 Å². The molecule has 37 heavy (non-hydrogen) atoms. The number of nitrogens with zero attached hydrogens (tertiary/aromatic N) is 3. The number of pyridine rings is 1. The van der Waals surface area contributed by atoms with Gasteiger partial charge in [0.1, 0.15) is 16.5 Å². The fourth-order valence-corrected chi connectivity index (χ4v) is 5.58. The van der Waals surface area contributed by atoms with Crippen LogP contribution in [-0.4, -0.2) is 49.2 Å². The van der Waals surface area contributed by atoms with Gasteiger partial charge < -0.3 is 19.5 Å². The fraction of sp³-hybridized carbons (Fsp3) is 0.357. The monoisotopic (exact) mass is 527 g/mol. The van der Waals surface area contributed by atoms with Crippen molar-refractivity contribution in [3.05, 3.63) is 88.1 Å². The van der Waals surface area contributed by atoms with Gasteiger partial charge >= 0.3 is 0 Å². The Hall–Kier alpha value is -3.25. The van der Waals surface area contributed by atoms with Crippen molar-refractivity contribution in [2.75, 3.05) is 27.7 Å². The molecule has 0 radical (unpaired) electrons. The molecule has 2 heterocycles. The van der Waals surface area contributed by atoms with Crippen molar-refractivity contribution in [1.82, 2.24) is 9.88 Å². The Labute approximate surface area is 220 Å². The smallest absolute Gasteiger partial charge is 0.251 e. The zero-order valence-corrected chi connectivity index (χ0v) is 21.5. The molecule has 1 saturated carbocycles. The van der Waals surface area contributed by atoms with E-state index in [-0.39, 0.29) is 23.5 Å². The van der Waals surface area contributed by atoms with Crippen LogP contribution in [0.5, 0.6) is 11.6 Å². The number of nitriles is 1. The first-order valence-corrected chi connectivity index (χ1v) is 12.2. The molecule has 1 N–H and O–H groups in total. The zero-order chi connectivity index (χ0) is 26.8. The second-order valence-electron chi connectivity index (χ2n) is 9.37. The molecule has 0 amide bonds. The molecule has 6 nitrogen and oxygen atoms in total. The minimum Gasteiger partial charge on any atom is -0.481 e. The van der Waals surface area contributed by atoms with Crippen LogP contribution in [0.3, 0.4) is 0 Å². The molecular formula is C28H28ClF2N3O3. The van der Waals surface area contributed by atoms with Gasteiger partial charge in [-0.3, -0.25) is 0 Å². The number of aromatic nitrogens is 1. The van der Waals surface area contributed by atoms with Gasteiger partial charge in [-0.1, -0.05) is 54.1 Å². The molecule has 0 spiro atoms. The summed E-state index contributed by atoms with van der Waals surface area (Å²) >= 11 is 6.20. The standard InChI is InChI=1S/C24H19ClN2O3.C4H9F2N/c1-29-22-21-19(13-20(25)27-22)30-24(17-9-7-15(14-26)8-10-17)18(11-12-23(21,24)28)16-5-3-2-4-6-16;1-7(2)3-4(5)6/h2-10,13,18,28H,11-12H2,1H3;4H,3H2,1-2H3. The third-order valence-electron chi connectivity index (χ3n) is 6.84. The normalized spacial score (nSPS) is 23.5. The maximum Gasteiger partial charge on any atom is 0.251 e. The number of fused-ring (bicyclic) bond motifs is 3. The number of ether oxygens (including phenoxy) is 2. The quantitative estimate of drug-likeness (QED) is 0.443. The van der Waals surface area contributed by atoms with E-state index in [1.165, 1.54) is 12.0 Å². The van der Waals surface area contributed by atoms with Gasteiger partial charge in [-0.2, -0.15) is 5.26 Å². The van der Waals surface area contributed by atoms with Crippen LogP contribution in [0.1, 0.15) is 41.0 Å². The summed E-state index contributed by atoms with van der Waals surface area (Å²) in [5.74, 6) is 0.621. The third-order valence-corrected chi connectivity index (χ3v) is 7.04. The first kappa shape index (κ1) is 26.8. The number of benzene rings is 2. The van der Waals surface area contributed by atoms with E-state index in [1.54, 1.807) is 32.3 Å². The second kappa shape index (κ2) is 10.6. The van der Waals surface area contributed by atoms with Crippen molar-refractivity contribution in [1.29, 1.82) is 5.26 Å². The molecule has 3 aromatic rings. The summed E-state index contributed by atoms with van der Waals surface area (Å²) in [5.41, 5.74) is 0.487. The maximum absolute atomic E-state index is 12.2. The van der Waals surface area contributed by atoms with Gasteiger partial charge in [-0.15, -0.1) is 0 Å². The van der Waals surface area contributed by atoms with Crippen molar-refractivity contribution < 1.29 is 23.4 Å². The lowest BCUT2D eigenvalue weighted by atomic mass is 9.72. The summed E-state index contributed by atoms with van der Waals surface area (Å²) in [7, 11) is 4.74. The maximum atomic E-state index is 12.2. The summed E-state index contributed by atoms with van der Waals surface area (Å²) in [6.45, 7) is -0.139. The minimum absolute atomic E-state index is 0.118. The second-order valence-corrected chi connectivity index (χ2v) is 9.76. The van der Waals surface area contributed by atoms with E-state index in [1.807, 2.05) is 30.3 Å². The highest BCUT2D eigenvalue weighted by atomic mass is 35.5. The highest BCUT2D eigenvalue weighted by molar-refractivity contribution is 6.29. The van der Waals surface area contributed by atoms with E-state index < -0.39 is 17.6 Å². The van der Waals surface area contributed by atoms with Gasteiger partial charge in [0.25, 0.3) is 6.43 Å². The van der Waals surface area contributed by atoms with Gasteiger partial charge in [0.2, 0.25) is 5.88 Å². The van der Waals surface area contributed by atoms with Crippen LogP contribution >= 0.6 is 11.6 Å². The van der Waals surface area contributed by atoms with Gasteiger partial charge in [0, 0.05) is 12.0 Å². The largest absolute Gasteiger partial charge is 0.481 e. The topological polar surface area (TPSA) is 78.6 Å². The van der Waals surface area contributed by atoms with Gasteiger partial charge in [-0.25, -0.2) is 13.8 Å². The van der Waals surface area contributed by atoms with E-state index in [2.05, 4.69) is 23.2 Å². The lowest BCUT2D eigenvalue weighted by Crippen LogP contribution is -2.48. The Morgan fingerprint density at radius 1 is 1.22 bits per heavy atom. The Kier molecular flexibility index (Phi) is 7.69. The van der Waals surface area contributed by atoms with Crippen LogP contribution in [0.2, 0.25) is 5.15 Å². The fourth-order valence-electron chi connectivity index (χ4n) is 5.40. The third kappa shape index (κ3) is 4.75. The molecule has 9 heteroatoms. The van der Waals surface area contributed by atoms with Crippen molar-refractivity contribution in [3.63, 3.8) is 0 Å². The van der Waals surface area contributed by atoms with Crippen LogP contribution < -0.4 is 9.47 Å². The van der Waals surface area contributed by atoms with Crippen molar-refractivity contribution in [2.24, 2.45) is 0 Å². The number of rotatable bonds is 5. The van der Waals surface area contributed by atoms with Gasteiger partial charge in [0.05, 0.1) is 30.9 Å². The van der Waals surface area contributed by atoms with Crippen LogP contribution in [0, 0.1) is 11.3 Å². The molecular weight excluding hydrogens is 500 g/mol. The molecule has 2 aliphatic rings. The summed E-state index contributed by atoms with van der Waals surface area (Å²) in [6, 6.07) is 21.0. The van der Waals surface area contributed by atoms with Gasteiger partial charge in [-0.05, 0) is 50.2 Å². The number of hydrogen-bond acceptors (Lipinski definition) is 6. The highest BCUT2D eigenvalue weighted by Gasteiger charge is 2.69. The number of hydrogen-bond donors (Lipinski definition) is 1. The Bertz CT molecular complexity index is 1280. The molecule has 1 fully saturated rings. The molecule has 0 bridgehead atoms. The van der Waals surface area contributed by atoms with Crippen molar-refractivity contribution in [2.45, 2.75) is 36.4 Å². The summed E-state index contributed by atoms with van der Waals surface area (Å²) < 4.78 is 34.6. The molecule has 1 aliphatic heterocycles. The first-order valence-electron chi connectivity index (χ1n) is 11.8. The molecule has 3 atom stereocenters. The van der Waals surface area contributed by atoms with E-state index >= 15 is 0 Å². The number of alkyl halides is 2. The molecule has 3 unspecified atom stereocenters. The predicted molar refractivity (Wildman–Crippen MR) is 136 cm³/mol. The molecule has 2 aromatic carbocycles. The van der Waals surface area contributed by atoms with E-state index in [9.17, 15) is 19.1 Å². The number of halogens is 3.